The lowest BCUT2D eigenvalue weighted by Crippen LogP contribution is -2.36. The SMILES string of the molecule is CCCNC(=O)CNCc1ccc(N2CCOCC2)cc1. The minimum absolute atomic E-state index is 0.0572. The van der Waals surface area contributed by atoms with E-state index in [1.165, 1.54) is 11.3 Å². The molecule has 0 unspecified atom stereocenters. The fourth-order valence-electron chi connectivity index (χ4n) is 2.29. The summed E-state index contributed by atoms with van der Waals surface area (Å²) in [5.74, 6) is 0.0572. The van der Waals surface area contributed by atoms with Gasteiger partial charge >= 0.3 is 0 Å². The van der Waals surface area contributed by atoms with Crippen molar-refractivity contribution in [1.29, 1.82) is 0 Å². The van der Waals surface area contributed by atoms with Gasteiger partial charge in [-0.3, -0.25) is 4.79 Å². The van der Waals surface area contributed by atoms with E-state index in [1.807, 2.05) is 6.92 Å². The van der Waals surface area contributed by atoms with Crippen LogP contribution in [0.4, 0.5) is 5.69 Å². The summed E-state index contributed by atoms with van der Waals surface area (Å²) in [6, 6.07) is 8.50. The van der Waals surface area contributed by atoms with Crippen LogP contribution in [0.5, 0.6) is 0 Å². The summed E-state index contributed by atoms with van der Waals surface area (Å²) in [7, 11) is 0. The van der Waals surface area contributed by atoms with Gasteiger partial charge in [0.2, 0.25) is 5.91 Å². The molecule has 1 aromatic rings. The smallest absolute Gasteiger partial charge is 0.233 e. The van der Waals surface area contributed by atoms with E-state index in [9.17, 15) is 4.79 Å². The van der Waals surface area contributed by atoms with Crippen molar-refractivity contribution in [1.82, 2.24) is 10.6 Å². The van der Waals surface area contributed by atoms with Crippen LogP contribution >= 0.6 is 0 Å². The third-order valence-corrected chi connectivity index (χ3v) is 3.50. The van der Waals surface area contributed by atoms with Gasteiger partial charge in [-0.2, -0.15) is 0 Å². The van der Waals surface area contributed by atoms with Crippen LogP contribution in [0.1, 0.15) is 18.9 Å². The van der Waals surface area contributed by atoms with Crippen molar-refractivity contribution < 1.29 is 9.53 Å². The van der Waals surface area contributed by atoms with E-state index in [1.54, 1.807) is 0 Å². The van der Waals surface area contributed by atoms with E-state index in [4.69, 9.17) is 4.74 Å². The highest BCUT2D eigenvalue weighted by Gasteiger charge is 2.10. The summed E-state index contributed by atoms with van der Waals surface area (Å²) in [5.41, 5.74) is 2.43. The minimum atomic E-state index is 0.0572. The molecule has 1 fully saturated rings. The highest BCUT2D eigenvalue weighted by Crippen LogP contribution is 2.16. The minimum Gasteiger partial charge on any atom is -0.378 e. The van der Waals surface area contributed by atoms with E-state index in [2.05, 4.69) is 39.8 Å². The molecule has 0 atom stereocenters. The Labute approximate surface area is 126 Å². The van der Waals surface area contributed by atoms with Crippen LogP contribution in [0.15, 0.2) is 24.3 Å². The zero-order chi connectivity index (χ0) is 14.9. The maximum atomic E-state index is 11.5. The Hall–Kier alpha value is -1.59. The normalized spacial score (nSPS) is 15.0. The van der Waals surface area contributed by atoms with Crippen LogP contribution in [-0.2, 0) is 16.1 Å². The molecule has 1 aromatic carbocycles. The maximum Gasteiger partial charge on any atom is 0.233 e. The van der Waals surface area contributed by atoms with Crippen molar-refractivity contribution in [2.45, 2.75) is 19.9 Å². The molecule has 0 aromatic heterocycles. The number of rotatable bonds is 7. The van der Waals surface area contributed by atoms with Crippen LogP contribution in [0.25, 0.3) is 0 Å². The van der Waals surface area contributed by atoms with E-state index >= 15 is 0 Å². The zero-order valence-corrected chi connectivity index (χ0v) is 12.7. The van der Waals surface area contributed by atoms with Gasteiger partial charge in [-0.15, -0.1) is 0 Å². The van der Waals surface area contributed by atoms with Gasteiger partial charge in [0.05, 0.1) is 19.8 Å². The van der Waals surface area contributed by atoms with Crippen LogP contribution in [0, 0.1) is 0 Å². The first-order chi connectivity index (χ1) is 10.3. The largest absolute Gasteiger partial charge is 0.378 e. The van der Waals surface area contributed by atoms with E-state index in [0.717, 1.165) is 39.3 Å². The standard InChI is InChI=1S/C16H25N3O2/c1-2-7-18-16(20)13-17-12-14-3-5-15(6-4-14)19-8-10-21-11-9-19/h3-6,17H,2,7-13H2,1H3,(H,18,20). The number of anilines is 1. The highest BCUT2D eigenvalue weighted by molar-refractivity contribution is 5.77. The van der Waals surface area contributed by atoms with Gasteiger partial charge in [0.25, 0.3) is 0 Å². The van der Waals surface area contributed by atoms with Crippen molar-refractivity contribution in [3.63, 3.8) is 0 Å². The Morgan fingerprint density at radius 3 is 2.62 bits per heavy atom. The van der Waals surface area contributed by atoms with Gasteiger partial charge in [-0.1, -0.05) is 19.1 Å². The molecule has 1 heterocycles. The average Bonchev–Trinajstić information content (AvgIpc) is 2.54. The Balaban J connectivity index is 1.73. The molecule has 0 aliphatic carbocycles. The third kappa shape index (κ3) is 5.36. The molecule has 2 N–H and O–H groups in total. The number of morpholine rings is 1. The van der Waals surface area contributed by atoms with E-state index in [-0.39, 0.29) is 5.91 Å². The highest BCUT2D eigenvalue weighted by atomic mass is 16.5. The molecule has 1 saturated heterocycles. The lowest BCUT2D eigenvalue weighted by Gasteiger charge is -2.28. The van der Waals surface area contributed by atoms with Crippen molar-refractivity contribution in [3.05, 3.63) is 29.8 Å². The molecule has 1 aliphatic rings. The Kier molecular flexibility index (Phi) is 6.50. The summed E-state index contributed by atoms with van der Waals surface area (Å²) < 4.78 is 5.36. The monoisotopic (exact) mass is 291 g/mol. The molecule has 116 valence electrons. The molecule has 1 aliphatic heterocycles. The molecule has 0 spiro atoms. The van der Waals surface area contributed by atoms with Gasteiger partial charge < -0.3 is 20.3 Å². The summed E-state index contributed by atoms with van der Waals surface area (Å²) in [6.07, 6.45) is 0.967. The fourth-order valence-corrected chi connectivity index (χ4v) is 2.29. The van der Waals surface area contributed by atoms with Gasteiger partial charge in [0.15, 0.2) is 0 Å². The Bertz CT molecular complexity index is 428. The number of carbonyl (C=O) groups excluding carboxylic acids is 1. The predicted molar refractivity (Wildman–Crippen MR) is 84.5 cm³/mol. The number of carbonyl (C=O) groups is 1. The van der Waals surface area contributed by atoms with E-state index < -0.39 is 0 Å². The molecule has 0 radical (unpaired) electrons. The van der Waals surface area contributed by atoms with Gasteiger partial charge in [0, 0.05) is 31.9 Å². The number of benzene rings is 1. The summed E-state index contributed by atoms with van der Waals surface area (Å²) in [6.45, 7) is 7.38. The molecule has 21 heavy (non-hydrogen) atoms. The average molecular weight is 291 g/mol. The summed E-state index contributed by atoms with van der Waals surface area (Å²) in [5, 5.41) is 6.01. The summed E-state index contributed by atoms with van der Waals surface area (Å²) in [4.78, 5) is 13.8. The number of nitrogens with one attached hydrogen (secondary N) is 2. The second-order valence-corrected chi connectivity index (χ2v) is 5.22. The molecule has 2 rings (SSSR count). The molecular weight excluding hydrogens is 266 g/mol. The van der Waals surface area contributed by atoms with E-state index in [0.29, 0.717) is 13.1 Å². The topological polar surface area (TPSA) is 53.6 Å². The fraction of sp³-hybridized carbons (Fsp3) is 0.562. The van der Waals surface area contributed by atoms with Crippen LogP contribution < -0.4 is 15.5 Å². The quantitative estimate of drug-likeness (QED) is 0.791. The lowest BCUT2D eigenvalue weighted by atomic mass is 10.2. The Morgan fingerprint density at radius 2 is 1.95 bits per heavy atom. The van der Waals surface area contributed by atoms with Crippen molar-refractivity contribution in [3.8, 4) is 0 Å². The zero-order valence-electron chi connectivity index (χ0n) is 12.7. The Morgan fingerprint density at radius 1 is 1.24 bits per heavy atom. The number of hydrogen-bond acceptors (Lipinski definition) is 4. The molecule has 5 nitrogen and oxygen atoms in total. The maximum absolute atomic E-state index is 11.5. The lowest BCUT2D eigenvalue weighted by molar-refractivity contribution is -0.120. The predicted octanol–water partition coefficient (Wildman–Crippen LogP) is 1.14. The number of hydrogen-bond donors (Lipinski definition) is 2. The first-order valence-corrected chi connectivity index (χ1v) is 7.68. The number of amides is 1. The number of ether oxygens (including phenoxy) is 1. The second-order valence-electron chi connectivity index (χ2n) is 5.22. The van der Waals surface area contributed by atoms with Gasteiger partial charge in [-0.25, -0.2) is 0 Å². The van der Waals surface area contributed by atoms with Crippen molar-refractivity contribution >= 4 is 11.6 Å². The number of nitrogens with zero attached hydrogens (tertiary/aromatic N) is 1. The van der Waals surface area contributed by atoms with Gasteiger partial charge in [0.1, 0.15) is 0 Å². The van der Waals surface area contributed by atoms with Crippen LogP contribution in [0.2, 0.25) is 0 Å². The van der Waals surface area contributed by atoms with Crippen LogP contribution in [0.3, 0.4) is 0 Å². The summed E-state index contributed by atoms with van der Waals surface area (Å²) >= 11 is 0. The molecule has 0 saturated carbocycles. The van der Waals surface area contributed by atoms with Crippen molar-refractivity contribution in [2.75, 3.05) is 44.3 Å². The molecule has 5 heteroatoms. The second kappa shape index (κ2) is 8.64. The first-order valence-electron chi connectivity index (χ1n) is 7.68. The van der Waals surface area contributed by atoms with Crippen LogP contribution in [-0.4, -0.2) is 45.3 Å². The van der Waals surface area contributed by atoms with Crippen molar-refractivity contribution in [2.24, 2.45) is 0 Å². The molecular formula is C16H25N3O2. The molecule has 0 bridgehead atoms. The van der Waals surface area contributed by atoms with Gasteiger partial charge in [-0.05, 0) is 24.1 Å². The first kappa shape index (κ1) is 15.8. The molecule has 1 amide bonds. The third-order valence-electron chi connectivity index (χ3n) is 3.50.